The molecule has 2 aromatic rings. The third-order valence-corrected chi connectivity index (χ3v) is 12.0. The van der Waals surface area contributed by atoms with Gasteiger partial charge in [-0.1, -0.05) is 89.5 Å². The van der Waals surface area contributed by atoms with E-state index in [1.807, 2.05) is 36.2 Å². The van der Waals surface area contributed by atoms with Gasteiger partial charge in [-0.25, -0.2) is 4.79 Å². The van der Waals surface area contributed by atoms with E-state index >= 15 is 0 Å². The van der Waals surface area contributed by atoms with Crippen LogP contribution in [0.4, 0.5) is 0 Å². The van der Waals surface area contributed by atoms with E-state index in [4.69, 9.17) is 4.74 Å². The van der Waals surface area contributed by atoms with Crippen LogP contribution in [-0.4, -0.2) is 41.6 Å². The van der Waals surface area contributed by atoms with Gasteiger partial charge in [0.05, 0.1) is 11.7 Å². The van der Waals surface area contributed by atoms with Crippen LogP contribution >= 0.6 is 0 Å². The molecule has 0 aliphatic heterocycles. The third-order valence-electron chi connectivity index (χ3n) is 12.0. The van der Waals surface area contributed by atoms with Crippen molar-refractivity contribution in [3.8, 4) is 5.75 Å². The molecular formula is C41H59NO4. The average molecular weight is 630 g/mol. The normalized spacial score (nSPS) is 26.6. The molecule has 3 aliphatic rings. The van der Waals surface area contributed by atoms with Crippen molar-refractivity contribution in [3.05, 3.63) is 65.2 Å². The number of amides is 1. The Morgan fingerprint density at radius 2 is 1.63 bits per heavy atom. The lowest BCUT2D eigenvalue weighted by atomic mass is 9.52. The van der Waals surface area contributed by atoms with Gasteiger partial charge in [0.2, 0.25) is 5.91 Å². The molecule has 2 saturated carbocycles. The Bertz CT molecular complexity index is 1280. The van der Waals surface area contributed by atoms with Crippen LogP contribution in [-0.2, 0) is 11.2 Å². The Morgan fingerprint density at radius 1 is 0.913 bits per heavy atom. The summed E-state index contributed by atoms with van der Waals surface area (Å²) in [5, 5.41) is 11.0. The fourth-order valence-corrected chi connectivity index (χ4v) is 9.28. The molecule has 0 radical (unpaired) electrons. The maximum Gasteiger partial charge on any atom is 0.343 e. The van der Waals surface area contributed by atoms with E-state index in [0.717, 1.165) is 64.3 Å². The minimum absolute atomic E-state index is 0.0532. The van der Waals surface area contributed by atoms with Gasteiger partial charge >= 0.3 is 5.97 Å². The number of unbranched alkanes of at least 4 members (excludes halogenated alkanes) is 8. The van der Waals surface area contributed by atoms with Gasteiger partial charge in [0.25, 0.3) is 0 Å². The molecule has 3 aliphatic carbocycles. The van der Waals surface area contributed by atoms with E-state index in [0.29, 0.717) is 47.3 Å². The van der Waals surface area contributed by atoms with Crippen LogP contribution in [0.15, 0.2) is 48.5 Å². The lowest BCUT2D eigenvalue weighted by Gasteiger charge is -2.53. The number of aliphatic hydroxyl groups is 1. The zero-order chi connectivity index (χ0) is 32.5. The summed E-state index contributed by atoms with van der Waals surface area (Å²) in [6.07, 6.45) is 19.2. The van der Waals surface area contributed by atoms with Gasteiger partial charge in [-0.2, -0.15) is 0 Å². The maximum atomic E-state index is 12.8. The number of aliphatic hydroxyl groups excluding tert-OH is 1. The van der Waals surface area contributed by atoms with Crippen molar-refractivity contribution in [2.24, 2.45) is 23.2 Å². The number of rotatable bonds is 16. The molecule has 0 unspecified atom stereocenters. The fourth-order valence-electron chi connectivity index (χ4n) is 9.28. The summed E-state index contributed by atoms with van der Waals surface area (Å²) < 4.78 is 5.84. The molecule has 2 aromatic carbocycles. The highest BCUT2D eigenvalue weighted by Gasteiger charge is 2.56. The molecular weight excluding hydrogens is 570 g/mol. The summed E-state index contributed by atoms with van der Waals surface area (Å²) in [5.74, 6) is 3.01. The van der Waals surface area contributed by atoms with Crippen LogP contribution in [0.5, 0.6) is 5.75 Å². The van der Waals surface area contributed by atoms with Gasteiger partial charge in [0, 0.05) is 20.0 Å². The smallest absolute Gasteiger partial charge is 0.343 e. The van der Waals surface area contributed by atoms with Gasteiger partial charge < -0.3 is 14.7 Å². The molecule has 0 spiro atoms. The molecule has 252 valence electrons. The Balaban J connectivity index is 1.12. The number of ether oxygens (including phenoxy) is 1. The summed E-state index contributed by atoms with van der Waals surface area (Å²) in [7, 11) is 1.94. The van der Waals surface area contributed by atoms with Gasteiger partial charge in [0.1, 0.15) is 5.75 Å². The van der Waals surface area contributed by atoms with Crippen molar-refractivity contribution >= 4 is 11.9 Å². The van der Waals surface area contributed by atoms with E-state index in [2.05, 4.69) is 26.0 Å². The number of carbonyl (C=O) groups excluding carboxylic acids is 2. The van der Waals surface area contributed by atoms with Crippen LogP contribution in [0.1, 0.15) is 144 Å². The number of esters is 1. The SMILES string of the molecule is CCCCN(C)C(=O)CCCCCCCCCC[C@@H]1Cc2cc(OC(=O)c3ccccc3)ccc2[C@H]2CC[C@]3(C)[C@@H](O)CC[C@H]3[C@H]12. The fraction of sp³-hybridized carbons (Fsp3) is 0.659. The van der Waals surface area contributed by atoms with Gasteiger partial charge in [-0.3, -0.25) is 4.79 Å². The zero-order valence-corrected chi connectivity index (χ0v) is 28.9. The predicted octanol–water partition coefficient (Wildman–Crippen LogP) is 9.51. The minimum atomic E-state index is -0.303. The first-order chi connectivity index (χ1) is 22.3. The highest BCUT2D eigenvalue weighted by atomic mass is 16.5. The van der Waals surface area contributed by atoms with Crippen molar-refractivity contribution in [2.75, 3.05) is 13.6 Å². The van der Waals surface area contributed by atoms with Crippen molar-refractivity contribution in [1.82, 2.24) is 4.90 Å². The van der Waals surface area contributed by atoms with E-state index in [9.17, 15) is 14.7 Å². The average Bonchev–Trinajstić information content (AvgIpc) is 3.37. The number of hydrogen-bond donors (Lipinski definition) is 1. The predicted molar refractivity (Wildman–Crippen MR) is 186 cm³/mol. The van der Waals surface area contributed by atoms with Crippen LogP contribution in [0.25, 0.3) is 0 Å². The molecule has 1 amide bonds. The molecule has 1 N–H and O–H groups in total. The number of hydrogen-bond acceptors (Lipinski definition) is 4. The Hall–Kier alpha value is -2.66. The van der Waals surface area contributed by atoms with Crippen molar-refractivity contribution in [3.63, 3.8) is 0 Å². The van der Waals surface area contributed by atoms with Crippen LogP contribution in [0.3, 0.4) is 0 Å². The van der Waals surface area contributed by atoms with Gasteiger partial charge in [-0.15, -0.1) is 0 Å². The lowest BCUT2D eigenvalue weighted by Crippen LogP contribution is -2.47. The van der Waals surface area contributed by atoms with Crippen molar-refractivity contribution < 1.29 is 19.4 Å². The highest BCUT2D eigenvalue weighted by molar-refractivity contribution is 5.91. The Kier molecular flexibility index (Phi) is 12.4. The molecule has 0 bridgehead atoms. The first-order valence-corrected chi connectivity index (χ1v) is 18.6. The largest absolute Gasteiger partial charge is 0.423 e. The second-order valence-corrected chi connectivity index (χ2v) is 15.0. The van der Waals surface area contributed by atoms with E-state index in [1.54, 1.807) is 12.1 Å². The number of fused-ring (bicyclic) bond motifs is 5. The summed E-state index contributed by atoms with van der Waals surface area (Å²) in [4.78, 5) is 26.9. The Labute approximate surface area is 278 Å². The van der Waals surface area contributed by atoms with Crippen LogP contribution in [0, 0.1) is 23.2 Å². The third kappa shape index (κ3) is 8.24. The molecule has 6 atom stereocenters. The van der Waals surface area contributed by atoms with Gasteiger partial charge in [-0.05, 0) is 116 Å². The minimum Gasteiger partial charge on any atom is -0.423 e. The number of nitrogens with zero attached hydrogens (tertiary/aromatic N) is 1. The van der Waals surface area contributed by atoms with Crippen LogP contribution in [0.2, 0.25) is 0 Å². The monoisotopic (exact) mass is 629 g/mol. The van der Waals surface area contributed by atoms with Gasteiger partial charge in [0.15, 0.2) is 0 Å². The molecule has 5 rings (SSSR count). The number of carbonyl (C=O) groups is 2. The molecule has 46 heavy (non-hydrogen) atoms. The molecule has 5 heteroatoms. The topological polar surface area (TPSA) is 66.8 Å². The van der Waals surface area contributed by atoms with E-state index in [-0.39, 0.29) is 17.5 Å². The standard InChI is InChI=1S/C41H59NO4/c1-4-5-27-42(3)38(44)20-16-11-9-7-6-8-10-13-19-31-28-32-29-33(46-40(45)30-17-14-12-15-18-30)21-22-34(32)35-25-26-41(2)36(39(31)35)23-24-37(41)43/h12,14-15,17-18,21-22,29,31,35-37,39,43H,4-11,13,16,19-20,23-28H2,1-3H3/t31-,35-,36+,37+,39-,41+/m1/s1. The second-order valence-electron chi connectivity index (χ2n) is 15.0. The molecule has 0 heterocycles. The van der Waals surface area contributed by atoms with Crippen molar-refractivity contribution in [2.45, 2.75) is 135 Å². The summed E-state index contributed by atoms with van der Waals surface area (Å²) >= 11 is 0. The summed E-state index contributed by atoms with van der Waals surface area (Å²) in [6, 6.07) is 15.6. The molecule has 2 fully saturated rings. The van der Waals surface area contributed by atoms with Crippen LogP contribution < -0.4 is 4.74 Å². The van der Waals surface area contributed by atoms with Crippen molar-refractivity contribution in [1.29, 1.82) is 0 Å². The molecule has 0 saturated heterocycles. The first kappa shape index (κ1) is 34.7. The van der Waals surface area contributed by atoms with E-state index in [1.165, 1.54) is 56.1 Å². The maximum absolute atomic E-state index is 12.8. The lowest BCUT2D eigenvalue weighted by molar-refractivity contribution is -0.130. The summed E-state index contributed by atoms with van der Waals surface area (Å²) in [5.41, 5.74) is 3.45. The Morgan fingerprint density at radius 3 is 2.37 bits per heavy atom. The van der Waals surface area contributed by atoms with E-state index < -0.39 is 0 Å². The number of benzene rings is 2. The zero-order valence-electron chi connectivity index (χ0n) is 28.9. The summed E-state index contributed by atoms with van der Waals surface area (Å²) in [6.45, 7) is 5.42. The molecule has 5 nitrogen and oxygen atoms in total. The first-order valence-electron chi connectivity index (χ1n) is 18.6. The highest BCUT2D eigenvalue weighted by Crippen LogP contribution is 2.62. The quantitative estimate of drug-likeness (QED) is 0.114. The molecule has 0 aromatic heterocycles. The second kappa shape index (κ2) is 16.4.